The molecule has 0 aliphatic carbocycles. The molecular formula is C25H29N3O. The molecule has 2 aromatic carbocycles. The van der Waals surface area contributed by atoms with E-state index in [1.807, 2.05) is 36.0 Å². The number of aryl methyl sites for hydroxylation is 1. The number of ether oxygens (including phenoxy) is 1. The third-order valence-corrected chi connectivity index (χ3v) is 4.97. The van der Waals surface area contributed by atoms with Gasteiger partial charge in [0.15, 0.2) is 0 Å². The van der Waals surface area contributed by atoms with Gasteiger partial charge < -0.3 is 9.64 Å². The molecule has 0 radical (unpaired) electrons. The van der Waals surface area contributed by atoms with Gasteiger partial charge in [0.2, 0.25) is 0 Å². The molecule has 0 amide bonds. The minimum absolute atomic E-state index is 0.861. The molecule has 0 spiro atoms. The van der Waals surface area contributed by atoms with Crippen molar-refractivity contribution < 1.29 is 4.74 Å². The molecule has 3 rings (SSSR count). The van der Waals surface area contributed by atoms with Crippen LogP contribution in [-0.2, 0) is 7.05 Å². The molecular weight excluding hydrogens is 358 g/mol. The van der Waals surface area contributed by atoms with Crippen LogP contribution in [0, 0.1) is 0 Å². The van der Waals surface area contributed by atoms with Crippen molar-refractivity contribution in [2.75, 3.05) is 25.1 Å². The highest BCUT2D eigenvalue weighted by Gasteiger charge is 2.02. The van der Waals surface area contributed by atoms with Crippen LogP contribution < -0.4 is 9.64 Å². The topological polar surface area (TPSA) is 30.3 Å². The molecule has 29 heavy (non-hydrogen) atoms. The van der Waals surface area contributed by atoms with Gasteiger partial charge in [0.05, 0.1) is 18.5 Å². The average Bonchev–Trinajstić information content (AvgIpc) is 3.12. The number of hydrogen-bond acceptors (Lipinski definition) is 3. The molecule has 0 aliphatic heterocycles. The minimum atomic E-state index is 0.861. The number of methoxy groups -OCH3 is 1. The van der Waals surface area contributed by atoms with Crippen LogP contribution in [0.1, 0.15) is 36.4 Å². The van der Waals surface area contributed by atoms with E-state index in [-0.39, 0.29) is 0 Å². The lowest BCUT2D eigenvalue weighted by molar-refractivity contribution is 0.415. The Balaban J connectivity index is 1.68. The first-order valence-electron chi connectivity index (χ1n) is 10.0. The highest BCUT2D eigenvalue weighted by Crippen LogP contribution is 2.18. The molecule has 0 N–H and O–H groups in total. The van der Waals surface area contributed by atoms with Gasteiger partial charge in [-0.15, -0.1) is 0 Å². The van der Waals surface area contributed by atoms with E-state index in [0.717, 1.165) is 35.8 Å². The van der Waals surface area contributed by atoms with Gasteiger partial charge in [-0.3, -0.25) is 4.68 Å². The molecule has 0 atom stereocenters. The third-order valence-electron chi connectivity index (χ3n) is 4.97. The minimum Gasteiger partial charge on any atom is -0.497 e. The van der Waals surface area contributed by atoms with Crippen LogP contribution in [0.5, 0.6) is 5.75 Å². The van der Waals surface area contributed by atoms with Crippen LogP contribution in [0.25, 0.3) is 24.3 Å². The van der Waals surface area contributed by atoms with E-state index in [2.05, 4.69) is 78.5 Å². The van der Waals surface area contributed by atoms with E-state index in [4.69, 9.17) is 4.74 Å². The average molecular weight is 388 g/mol. The Kier molecular flexibility index (Phi) is 6.90. The first kappa shape index (κ1) is 20.5. The van der Waals surface area contributed by atoms with Crippen molar-refractivity contribution in [2.45, 2.75) is 13.8 Å². The number of anilines is 1. The summed E-state index contributed by atoms with van der Waals surface area (Å²) in [7, 11) is 3.64. The van der Waals surface area contributed by atoms with Crippen LogP contribution in [0.2, 0.25) is 0 Å². The fourth-order valence-electron chi connectivity index (χ4n) is 3.21. The second-order valence-electron chi connectivity index (χ2n) is 6.82. The number of nitrogens with zero attached hydrogens (tertiary/aromatic N) is 3. The van der Waals surface area contributed by atoms with Gasteiger partial charge in [0.1, 0.15) is 5.75 Å². The molecule has 4 heteroatoms. The molecule has 1 heterocycles. The van der Waals surface area contributed by atoms with Gasteiger partial charge in [-0.25, -0.2) is 0 Å². The zero-order valence-corrected chi connectivity index (χ0v) is 17.7. The molecule has 1 aromatic heterocycles. The van der Waals surface area contributed by atoms with E-state index in [0.29, 0.717) is 0 Å². The Morgan fingerprint density at radius 3 is 2.03 bits per heavy atom. The second kappa shape index (κ2) is 9.78. The SMILES string of the molecule is CCN(CC)c1ccc(C=Cc2cc(C=Cc3ccc(OC)cc3)n(C)n2)cc1. The standard InChI is InChI=1S/C25H29N3O/c1-5-28(6-2)23-14-8-20(9-15-23)7-13-22-19-24(27(3)26-22)16-10-21-11-17-25(29-4)18-12-21/h7-19H,5-6H2,1-4H3. The largest absolute Gasteiger partial charge is 0.497 e. The lowest BCUT2D eigenvalue weighted by Crippen LogP contribution is -2.21. The smallest absolute Gasteiger partial charge is 0.118 e. The summed E-state index contributed by atoms with van der Waals surface area (Å²) < 4.78 is 7.09. The monoisotopic (exact) mass is 387 g/mol. The summed E-state index contributed by atoms with van der Waals surface area (Å²) in [6.45, 7) is 6.40. The highest BCUT2D eigenvalue weighted by molar-refractivity contribution is 5.72. The lowest BCUT2D eigenvalue weighted by Gasteiger charge is -2.20. The molecule has 4 nitrogen and oxygen atoms in total. The van der Waals surface area contributed by atoms with Gasteiger partial charge >= 0.3 is 0 Å². The van der Waals surface area contributed by atoms with Crippen molar-refractivity contribution in [3.63, 3.8) is 0 Å². The summed E-state index contributed by atoms with van der Waals surface area (Å²) >= 11 is 0. The van der Waals surface area contributed by atoms with Crippen LogP contribution >= 0.6 is 0 Å². The van der Waals surface area contributed by atoms with Crippen LogP contribution in [-0.4, -0.2) is 30.0 Å². The van der Waals surface area contributed by atoms with Crippen LogP contribution in [0.15, 0.2) is 54.6 Å². The van der Waals surface area contributed by atoms with Gasteiger partial charge in [0.25, 0.3) is 0 Å². The Hall–Kier alpha value is -3.27. The highest BCUT2D eigenvalue weighted by atomic mass is 16.5. The summed E-state index contributed by atoms with van der Waals surface area (Å²) in [5, 5.41) is 4.59. The number of rotatable bonds is 8. The molecule has 0 bridgehead atoms. The first-order valence-corrected chi connectivity index (χ1v) is 10.0. The number of hydrogen-bond donors (Lipinski definition) is 0. The Bertz CT molecular complexity index is 962. The first-order chi connectivity index (χ1) is 14.1. The van der Waals surface area contributed by atoms with E-state index >= 15 is 0 Å². The van der Waals surface area contributed by atoms with Gasteiger partial charge in [-0.1, -0.05) is 36.4 Å². The van der Waals surface area contributed by atoms with Gasteiger partial charge in [0, 0.05) is 25.8 Å². The van der Waals surface area contributed by atoms with Crippen molar-refractivity contribution in [2.24, 2.45) is 7.05 Å². The Labute approximate surface area is 173 Å². The Morgan fingerprint density at radius 1 is 0.862 bits per heavy atom. The third kappa shape index (κ3) is 5.38. The molecule has 0 unspecified atom stereocenters. The fraction of sp³-hybridized carbons (Fsp3) is 0.240. The molecule has 0 aliphatic rings. The summed E-state index contributed by atoms with van der Waals surface area (Å²) in [5.74, 6) is 0.861. The summed E-state index contributed by atoms with van der Waals surface area (Å²) in [6.07, 6.45) is 8.31. The summed E-state index contributed by atoms with van der Waals surface area (Å²) in [5.41, 5.74) is 5.54. The predicted molar refractivity (Wildman–Crippen MR) is 124 cm³/mol. The normalized spacial score (nSPS) is 11.4. The molecule has 150 valence electrons. The van der Waals surface area contributed by atoms with E-state index in [1.165, 1.54) is 11.3 Å². The van der Waals surface area contributed by atoms with E-state index in [1.54, 1.807) is 7.11 Å². The van der Waals surface area contributed by atoms with Crippen molar-refractivity contribution in [3.05, 3.63) is 77.1 Å². The number of benzene rings is 2. The van der Waals surface area contributed by atoms with Gasteiger partial charge in [-0.05, 0) is 67.5 Å². The second-order valence-corrected chi connectivity index (χ2v) is 6.82. The van der Waals surface area contributed by atoms with Gasteiger partial charge in [-0.2, -0.15) is 5.10 Å². The van der Waals surface area contributed by atoms with Crippen molar-refractivity contribution in [3.8, 4) is 5.75 Å². The van der Waals surface area contributed by atoms with Crippen molar-refractivity contribution in [1.29, 1.82) is 0 Å². The van der Waals surface area contributed by atoms with Crippen LogP contribution in [0.4, 0.5) is 5.69 Å². The van der Waals surface area contributed by atoms with Crippen molar-refractivity contribution in [1.82, 2.24) is 9.78 Å². The number of aromatic nitrogens is 2. The van der Waals surface area contributed by atoms with Crippen LogP contribution in [0.3, 0.4) is 0 Å². The summed E-state index contributed by atoms with van der Waals surface area (Å²) in [4.78, 5) is 2.34. The van der Waals surface area contributed by atoms with E-state index in [9.17, 15) is 0 Å². The molecule has 0 saturated heterocycles. The fourth-order valence-corrected chi connectivity index (χ4v) is 3.21. The maximum absolute atomic E-state index is 5.20. The molecule has 0 fully saturated rings. The summed E-state index contributed by atoms with van der Waals surface area (Å²) in [6, 6.07) is 18.7. The maximum atomic E-state index is 5.20. The zero-order valence-electron chi connectivity index (χ0n) is 17.7. The van der Waals surface area contributed by atoms with E-state index < -0.39 is 0 Å². The van der Waals surface area contributed by atoms with Crippen molar-refractivity contribution >= 4 is 30.0 Å². The zero-order chi connectivity index (χ0) is 20.6. The predicted octanol–water partition coefficient (Wildman–Crippen LogP) is 5.62. The quantitative estimate of drug-likeness (QED) is 0.503. The Morgan fingerprint density at radius 2 is 1.45 bits per heavy atom. The molecule has 3 aromatic rings. The maximum Gasteiger partial charge on any atom is 0.118 e. The molecule has 0 saturated carbocycles. The lowest BCUT2D eigenvalue weighted by atomic mass is 10.1.